The van der Waals surface area contributed by atoms with E-state index in [1.54, 1.807) is 13.1 Å². The number of anilines is 3. The Morgan fingerprint density at radius 1 is 1.50 bits per heavy atom. The summed E-state index contributed by atoms with van der Waals surface area (Å²) in [7, 11) is 1.75. The number of nitrogens with one attached hydrogen (secondary N) is 2. The average molecular weight is 356 g/mol. The number of carbonyl (C=O) groups is 1. The van der Waals surface area contributed by atoms with Crippen LogP contribution in [0.5, 0.6) is 0 Å². The second kappa shape index (κ2) is 7.34. The molecule has 7 nitrogen and oxygen atoms in total. The van der Waals surface area contributed by atoms with Crippen LogP contribution in [0, 0.1) is 0 Å². The Morgan fingerprint density at radius 2 is 2.21 bits per heavy atom. The predicted octanol–water partition coefficient (Wildman–Crippen LogP) is 2.85. The molecule has 1 aromatic heterocycles. The minimum atomic E-state index is -0.511. The molecule has 1 saturated heterocycles. The Balaban J connectivity index is 2.08. The molecule has 1 amide bonds. The van der Waals surface area contributed by atoms with Crippen LogP contribution in [0.25, 0.3) is 0 Å². The van der Waals surface area contributed by atoms with Gasteiger partial charge in [0, 0.05) is 32.2 Å². The molecule has 134 valence electrons. The number of ether oxygens (including phenoxy) is 1. The molecule has 1 aliphatic rings. The largest absolute Gasteiger partial charge is 0.444 e. The van der Waals surface area contributed by atoms with E-state index in [2.05, 4.69) is 20.5 Å². The van der Waals surface area contributed by atoms with E-state index < -0.39 is 11.7 Å². The summed E-state index contributed by atoms with van der Waals surface area (Å²) >= 11 is 6.09. The van der Waals surface area contributed by atoms with Crippen LogP contribution >= 0.6 is 11.6 Å². The molecule has 1 atom stereocenters. The Kier molecular flexibility index (Phi) is 5.64. The van der Waals surface area contributed by atoms with Crippen molar-refractivity contribution in [1.82, 2.24) is 10.3 Å². The summed E-state index contributed by atoms with van der Waals surface area (Å²) in [6.45, 7) is 7.03. The van der Waals surface area contributed by atoms with Gasteiger partial charge in [-0.1, -0.05) is 11.6 Å². The second-order valence-corrected chi connectivity index (χ2v) is 7.30. The van der Waals surface area contributed by atoms with Crippen LogP contribution in [-0.2, 0) is 4.74 Å². The highest BCUT2D eigenvalue weighted by Crippen LogP contribution is 2.33. The molecule has 0 saturated carbocycles. The number of rotatable bonds is 3. The maximum Gasteiger partial charge on any atom is 0.407 e. The topological polar surface area (TPSA) is 92.5 Å². The smallest absolute Gasteiger partial charge is 0.407 e. The molecule has 0 bridgehead atoms. The van der Waals surface area contributed by atoms with E-state index in [0.29, 0.717) is 23.2 Å². The molecule has 2 heterocycles. The van der Waals surface area contributed by atoms with Gasteiger partial charge in [-0.25, -0.2) is 9.78 Å². The first-order valence-electron chi connectivity index (χ1n) is 8.08. The zero-order chi connectivity index (χ0) is 17.9. The number of alkyl carbamates (subject to hydrolysis) is 1. The molecule has 4 N–H and O–H groups in total. The van der Waals surface area contributed by atoms with Gasteiger partial charge in [0.1, 0.15) is 10.8 Å². The molecule has 0 spiro atoms. The predicted molar refractivity (Wildman–Crippen MR) is 97.8 cm³/mol. The second-order valence-electron chi connectivity index (χ2n) is 6.91. The van der Waals surface area contributed by atoms with Gasteiger partial charge in [-0.3, -0.25) is 0 Å². The van der Waals surface area contributed by atoms with Crippen molar-refractivity contribution < 1.29 is 9.53 Å². The van der Waals surface area contributed by atoms with Gasteiger partial charge < -0.3 is 26.0 Å². The first-order chi connectivity index (χ1) is 11.2. The van der Waals surface area contributed by atoms with Gasteiger partial charge in [0.25, 0.3) is 0 Å². The third kappa shape index (κ3) is 4.80. The molecule has 0 aromatic carbocycles. The first kappa shape index (κ1) is 18.4. The normalized spacial score (nSPS) is 18.2. The zero-order valence-electron chi connectivity index (χ0n) is 14.6. The summed E-state index contributed by atoms with van der Waals surface area (Å²) in [5.41, 5.74) is 7.06. The first-order valence-corrected chi connectivity index (χ1v) is 8.45. The summed E-state index contributed by atoms with van der Waals surface area (Å²) in [5.74, 6) is 0.555. The van der Waals surface area contributed by atoms with Crippen LogP contribution in [-0.4, -0.2) is 42.9 Å². The van der Waals surface area contributed by atoms with Crippen molar-refractivity contribution in [3.8, 4) is 0 Å². The number of pyridine rings is 1. The van der Waals surface area contributed by atoms with Crippen molar-refractivity contribution in [1.29, 1.82) is 0 Å². The summed E-state index contributed by atoms with van der Waals surface area (Å²) < 4.78 is 5.33. The van der Waals surface area contributed by atoms with E-state index >= 15 is 0 Å². The highest BCUT2D eigenvalue weighted by molar-refractivity contribution is 6.30. The number of hydrogen-bond acceptors (Lipinski definition) is 6. The van der Waals surface area contributed by atoms with Crippen LogP contribution in [0.2, 0.25) is 5.15 Å². The Morgan fingerprint density at radius 3 is 2.83 bits per heavy atom. The highest BCUT2D eigenvalue weighted by Gasteiger charge is 2.26. The number of piperidine rings is 1. The third-order valence-electron chi connectivity index (χ3n) is 3.73. The maximum atomic E-state index is 12.0. The van der Waals surface area contributed by atoms with Gasteiger partial charge in [-0.2, -0.15) is 0 Å². The van der Waals surface area contributed by atoms with Crippen LogP contribution in [0.4, 0.5) is 22.0 Å². The molecule has 0 radical (unpaired) electrons. The quantitative estimate of drug-likeness (QED) is 0.722. The third-order valence-corrected chi connectivity index (χ3v) is 3.92. The molecule has 0 aliphatic carbocycles. The van der Waals surface area contributed by atoms with Crippen molar-refractivity contribution in [3.05, 3.63) is 11.2 Å². The van der Waals surface area contributed by atoms with Crippen molar-refractivity contribution in [2.45, 2.75) is 45.3 Å². The maximum absolute atomic E-state index is 12.0. The van der Waals surface area contributed by atoms with Crippen molar-refractivity contribution in [3.63, 3.8) is 0 Å². The van der Waals surface area contributed by atoms with Gasteiger partial charge in [-0.05, 0) is 33.6 Å². The number of hydrogen-bond donors (Lipinski definition) is 3. The Bertz CT molecular complexity index is 603. The van der Waals surface area contributed by atoms with E-state index in [0.717, 1.165) is 25.1 Å². The number of nitrogen functional groups attached to an aromatic ring is 1. The highest BCUT2D eigenvalue weighted by atomic mass is 35.5. The minimum absolute atomic E-state index is 0.00187. The summed E-state index contributed by atoms with van der Waals surface area (Å²) in [6.07, 6.45) is 1.44. The van der Waals surface area contributed by atoms with Gasteiger partial charge in [0.2, 0.25) is 0 Å². The Hall–Kier alpha value is -1.89. The van der Waals surface area contributed by atoms with Gasteiger partial charge in [-0.15, -0.1) is 0 Å². The van der Waals surface area contributed by atoms with E-state index in [-0.39, 0.29) is 6.04 Å². The van der Waals surface area contributed by atoms with Crippen LogP contribution in [0.15, 0.2) is 6.07 Å². The molecule has 24 heavy (non-hydrogen) atoms. The molecule has 2 rings (SSSR count). The Labute approximate surface area is 147 Å². The number of carbonyl (C=O) groups excluding carboxylic acids is 1. The van der Waals surface area contributed by atoms with Gasteiger partial charge in [0.05, 0.1) is 11.4 Å². The average Bonchev–Trinajstić information content (AvgIpc) is 2.47. The molecule has 1 fully saturated rings. The number of nitrogens with two attached hydrogens (primary N) is 1. The van der Waals surface area contributed by atoms with Crippen LogP contribution in [0.3, 0.4) is 0 Å². The van der Waals surface area contributed by atoms with Crippen LogP contribution < -0.4 is 21.3 Å². The van der Waals surface area contributed by atoms with Crippen LogP contribution in [0.1, 0.15) is 33.6 Å². The fourth-order valence-electron chi connectivity index (χ4n) is 2.75. The zero-order valence-corrected chi connectivity index (χ0v) is 15.4. The number of nitrogens with zero attached hydrogens (tertiary/aromatic N) is 2. The number of halogens is 1. The lowest BCUT2D eigenvalue weighted by Crippen LogP contribution is -2.49. The van der Waals surface area contributed by atoms with E-state index in [1.807, 2.05) is 20.8 Å². The molecule has 1 aromatic rings. The van der Waals surface area contributed by atoms with Crippen molar-refractivity contribution >= 4 is 34.9 Å². The van der Waals surface area contributed by atoms with Crippen molar-refractivity contribution in [2.75, 3.05) is 36.1 Å². The van der Waals surface area contributed by atoms with Gasteiger partial charge in [0.15, 0.2) is 5.82 Å². The van der Waals surface area contributed by atoms with E-state index in [1.165, 1.54) is 0 Å². The minimum Gasteiger partial charge on any atom is -0.444 e. The lowest BCUT2D eigenvalue weighted by molar-refractivity contribution is 0.0500. The van der Waals surface area contributed by atoms with E-state index in [9.17, 15) is 4.79 Å². The summed E-state index contributed by atoms with van der Waals surface area (Å²) in [4.78, 5) is 18.3. The summed E-state index contributed by atoms with van der Waals surface area (Å²) in [5, 5.41) is 6.26. The molecule has 1 aliphatic heterocycles. The number of amides is 1. The molecule has 8 heteroatoms. The van der Waals surface area contributed by atoms with Gasteiger partial charge >= 0.3 is 6.09 Å². The summed E-state index contributed by atoms with van der Waals surface area (Å²) in [6, 6.07) is 1.76. The van der Waals surface area contributed by atoms with E-state index in [4.69, 9.17) is 22.1 Å². The molecular formula is C16H26ClN5O2. The lowest BCUT2D eigenvalue weighted by atomic mass is 10.0. The monoisotopic (exact) mass is 355 g/mol. The van der Waals surface area contributed by atoms with Crippen molar-refractivity contribution in [2.24, 2.45) is 0 Å². The molecule has 0 unspecified atom stereocenters. The fourth-order valence-corrected chi connectivity index (χ4v) is 2.94. The fraction of sp³-hybridized carbons (Fsp3) is 0.625. The lowest BCUT2D eigenvalue weighted by Gasteiger charge is -2.35. The SMILES string of the molecule is CNc1nc(Cl)cc(N2CCC[C@@H](NC(=O)OC(C)(C)C)C2)c1N. The standard InChI is InChI=1S/C16H26ClN5O2/c1-16(2,3)24-15(23)20-10-6-5-7-22(9-10)11-8-12(17)21-14(19-4)13(11)18/h8,10H,5-7,9,18H2,1-4H3,(H,19,21)(H,20,23)/t10-/m1/s1. The number of aromatic nitrogens is 1. The molecular weight excluding hydrogens is 330 g/mol.